The zero-order valence-corrected chi connectivity index (χ0v) is 15.8. The Morgan fingerprint density at radius 1 is 1.08 bits per heavy atom. The number of likely N-dealkylation sites (tertiary alicyclic amines) is 1. The summed E-state index contributed by atoms with van der Waals surface area (Å²) in [5.41, 5.74) is 5.05. The molecule has 2 aromatic carbocycles. The topological polar surface area (TPSA) is 12.5 Å². The summed E-state index contributed by atoms with van der Waals surface area (Å²) < 4.78 is 5.58. The molecule has 2 bridgehead atoms. The monoisotopic (exact) mass is 347 g/mol. The van der Waals surface area contributed by atoms with E-state index in [0.29, 0.717) is 11.5 Å². The first kappa shape index (κ1) is 16.4. The van der Waals surface area contributed by atoms with Gasteiger partial charge >= 0.3 is 0 Å². The second kappa shape index (κ2) is 6.42. The van der Waals surface area contributed by atoms with Gasteiger partial charge in [-0.2, -0.15) is 0 Å². The lowest BCUT2D eigenvalue weighted by atomic mass is 9.52. The van der Waals surface area contributed by atoms with E-state index in [9.17, 15) is 0 Å². The molecule has 136 valence electrons. The molecule has 2 aliphatic carbocycles. The second-order valence-corrected chi connectivity index (χ2v) is 8.51. The van der Waals surface area contributed by atoms with Crippen molar-refractivity contribution in [2.75, 3.05) is 13.7 Å². The minimum atomic E-state index is 0.401. The summed E-state index contributed by atoms with van der Waals surface area (Å²) >= 11 is 0. The summed E-state index contributed by atoms with van der Waals surface area (Å²) in [5, 5.41) is 0. The molecular formula is C24H29NO. The highest BCUT2D eigenvalue weighted by molar-refractivity contribution is 5.45. The van der Waals surface area contributed by atoms with Crippen LogP contribution < -0.4 is 4.74 Å². The van der Waals surface area contributed by atoms with Gasteiger partial charge in [-0.15, -0.1) is 0 Å². The fourth-order valence-electron chi connectivity index (χ4n) is 6.20. The van der Waals surface area contributed by atoms with E-state index in [0.717, 1.165) is 18.2 Å². The Balaban J connectivity index is 1.53. The van der Waals surface area contributed by atoms with Crippen LogP contribution in [0.5, 0.6) is 5.75 Å². The molecule has 1 saturated heterocycles. The number of fused-ring (bicyclic) bond motifs is 1. The average molecular weight is 348 g/mol. The predicted molar refractivity (Wildman–Crippen MR) is 106 cm³/mol. The van der Waals surface area contributed by atoms with Crippen LogP contribution in [0.4, 0.5) is 0 Å². The molecule has 0 N–H and O–H groups in total. The average Bonchev–Trinajstić information content (AvgIpc) is 2.70. The van der Waals surface area contributed by atoms with Gasteiger partial charge in [-0.25, -0.2) is 0 Å². The molecule has 0 radical (unpaired) electrons. The van der Waals surface area contributed by atoms with Gasteiger partial charge in [-0.05, 0) is 67.0 Å². The van der Waals surface area contributed by atoms with Crippen molar-refractivity contribution < 1.29 is 4.74 Å². The highest BCUT2D eigenvalue weighted by Gasteiger charge is 2.53. The van der Waals surface area contributed by atoms with Crippen molar-refractivity contribution in [3.05, 3.63) is 65.2 Å². The maximum atomic E-state index is 5.58. The third-order valence-corrected chi connectivity index (χ3v) is 7.39. The summed E-state index contributed by atoms with van der Waals surface area (Å²) in [6, 6.07) is 18.6. The summed E-state index contributed by atoms with van der Waals surface area (Å²) in [6.07, 6.45) is 8.07. The van der Waals surface area contributed by atoms with E-state index in [1.807, 2.05) is 0 Å². The lowest BCUT2D eigenvalue weighted by molar-refractivity contribution is -0.0157. The first-order chi connectivity index (χ1) is 12.8. The van der Waals surface area contributed by atoms with Crippen LogP contribution in [0.1, 0.15) is 48.8 Å². The summed E-state index contributed by atoms with van der Waals surface area (Å²) in [5.74, 6) is 1.85. The lowest BCUT2D eigenvalue weighted by Gasteiger charge is -2.59. The predicted octanol–water partition coefficient (Wildman–Crippen LogP) is 4.95. The molecule has 0 spiro atoms. The number of hydrogen-bond acceptors (Lipinski definition) is 2. The Labute approximate surface area is 157 Å². The zero-order valence-electron chi connectivity index (χ0n) is 15.8. The largest absolute Gasteiger partial charge is 0.497 e. The molecule has 2 aromatic rings. The molecule has 1 heterocycles. The van der Waals surface area contributed by atoms with E-state index >= 15 is 0 Å². The SMILES string of the molecule is COc1ccc2c(c1)[C@]13CCCC[C@H]1[C@H](C2)N(Cc1ccccc1)CC3. The van der Waals surface area contributed by atoms with Crippen LogP contribution >= 0.6 is 0 Å². The molecule has 0 aromatic heterocycles. The number of ether oxygens (including phenoxy) is 1. The van der Waals surface area contributed by atoms with Crippen LogP contribution in [0.2, 0.25) is 0 Å². The maximum Gasteiger partial charge on any atom is 0.119 e. The Morgan fingerprint density at radius 2 is 1.96 bits per heavy atom. The summed E-state index contributed by atoms with van der Waals surface area (Å²) in [7, 11) is 1.80. The molecule has 3 atom stereocenters. The molecule has 1 aliphatic heterocycles. The molecule has 0 amide bonds. The van der Waals surface area contributed by atoms with Crippen molar-refractivity contribution in [2.45, 2.75) is 56.5 Å². The fourth-order valence-corrected chi connectivity index (χ4v) is 6.20. The van der Waals surface area contributed by atoms with Crippen LogP contribution in [0.25, 0.3) is 0 Å². The number of benzene rings is 2. The van der Waals surface area contributed by atoms with E-state index in [-0.39, 0.29) is 0 Å². The van der Waals surface area contributed by atoms with Gasteiger partial charge in [-0.3, -0.25) is 4.90 Å². The summed E-state index contributed by atoms with van der Waals surface area (Å²) in [6.45, 7) is 2.33. The van der Waals surface area contributed by atoms with Crippen LogP contribution in [-0.4, -0.2) is 24.6 Å². The van der Waals surface area contributed by atoms with Gasteiger partial charge in [0.05, 0.1) is 7.11 Å². The maximum absolute atomic E-state index is 5.58. The Hall–Kier alpha value is -1.80. The summed E-state index contributed by atoms with van der Waals surface area (Å²) in [4.78, 5) is 2.79. The standard InChI is InChI=1S/C24H29NO/c1-26-20-11-10-19-15-23-21-9-5-6-12-24(21,22(19)16-20)13-14-25(23)17-18-7-3-2-4-8-18/h2-4,7-8,10-11,16,21,23H,5-6,9,12-15,17H2,1H3/t21-,23-,24-/m0/s1. The van der Waals surface area contributed by atoms with Crippen molar-refractivity contribution in [3.8, 4) is 5.75 Å². The molecule has 2 fully saturated rings. The highest BCUT2D eigenvalue weighted by Crippen LogP contribution is 2.56. The number of rotatable bonds is 3. The van der Waals surface area contributed by atoms with Crippen LogP contribution in [0.3, 0.4) is 0 Å². The number of methoxy groups -OCH3 is 1. The van der Waals surface area contributed by atoms with Gasteiger partial charge in [0.25, 0.3) is 0 Å². The van der Waals surface area contributed by atoms with Gasteiger partial charge in [0.2, 0.25) is 0 Å². The van der Waals surface area contributed by atoms with Crippen LogP contribution in [0.15, 0.2) is 48.5 Å². The van der Waals surface area contributed by atoms with Gasteiger partial charge in [0.1, 0.15) is 5.75 Å². The third kappa shape index (κ3) is 2.50. The van der Waals surface area contributed by atoms with E-state index in [1.165, 1.54) is 50.6 Å². The second-order valence-electron chi connectivity index (χ2n) is 8.51. The highest BCUT2D eigenvalue weighted by atomic mass is 16.5. The Morgan fingerprint density at radius 3 is 2.81 bits per heavy atom. The number of nitrogens with zero attached hydrogens (tertiary/aromatic N) is 1. The van der Waals surface area contributed by atoms with Crippen molar-refractivity contribution >= 4 is 0 Å². The van der Waals surface area contributed by atoms with Gasteiger partial charge in [0.15, 0.2) is 0 Å². The molecule has 0 unspecified atom stereocenters. The number of piperidine rings is 1. The zero-order chi connectivity index (χ0) is 17.6. The van der Waals surface area contributed by atoms with Crippen molar-refractivity contribution in [3.63, 3.8) is 0 Å². The third-order valence-electron chi connectivity index (χ3n) is 7.39. The molecule has 5 rings (SSSR count). The van der Waals surface area contributed by atoms with Gasteiger partial charge in [-0.1, -0.05) is 49.2 Å². The lowest BCUT2D eigenvalue weighted by Crippen LogP contribution is -2.60. The minimum absolute atomic E-state index is 0.401. The van der Waals surface area contributed by atoms with Gasteiger partial charge < -0.3 is 4.74 Å². The Kier molecular flexibility index (Phi) is 4.04. The van der Waals surface area contributed by atoms with Crippen molar-refractivity contribution in [2.24, 2.45) is 5.92 Å². The van der Waals surface area contributed by atoms with Crippen molar-refractivity contribution in [1.29, 1.82) is 0 Å². The molecule has 1 saturated carbocycles. The van der Waals surface area contributed by atoms with Gasteiger partial charge in [0, 0.05) is 18.0 Å². The van der Waals surface area contributed by atoms with Crippen LogP contribution in [-0.2, 0) is 18.4 Å². The first-order valence-electron chi connectivity index (χ1n) is 10.3. The Bertz CT molecular complexity index is 786. The van der Waals surface area contributed by atoms with E-state index < -0.39 is 0 Å². The molecule has 2 heteroatoms. The number of hydrogen-bond donors (Lipinski definition) is 0. The van der Waals surface area contributed by atoms with E-state index in [1.54, 1.807) is 18.2 Å². The van der Waals surface area contributed by atoms with E-state index in [4.69, 9.17) is 4.74 Å². The quantitative estimate of drug-likeness (QED) is 0.778. The molecular weight excluding hydrogens is 318 g/mol. The van der Waals surface area contributed by atoms with Crippen molar-refractivity contribution in [1.82, 2.24) is 4.90 Å². The first-order valence-corrected chi connectivity index (χ1v) is 10.3. The van der Waals surface area contributed by atoms with E-state index in [2.05, 4.69) is 53.4 Å². The smallest absolute Gasteiger partial charge is 0.119 e. The normalized spacial score (nSPS) is 30.3. The fraction of sp³-hybridized carbons (Fsp3) is 0.500. The molecule has 2 nitrogen and oxygen atoms in total. The molecule has 3 aliphatic rings. The van der Waals surface area contributed by atoms with Crippen LogP contribution in [0, 0.1) is 5.92 Å². The minimum Gasteiger partial charge on any atom is -0.497 e. The molecule has 26 heavy (non-hydrogen) atoms.